The normalized spacial score (nSPS) is 11.8. The van der Waals surface area contributed by atoms with E-state index in [-0.39, 0.29) is 17.5 Å². The van der Waals surface area contributed by atoms with Crippen molar-refractivity contribution in [1.82, 2.24) is 0 Å². The van der Waals surface area contributed by atoms with Crippen molar-refractivity contribution in [2.75, 3.05) is 26.4 Å². The summed E-state index contributed by atoms with van der Waals surface area (Å²) in [6.07, 6.45) is 14.5. The molecule has 10 heteroatoms. The lowest BCUT2D eigenvalue weighted by molar-refractivity contribution is -0.144. The van der Waals surface area contributed by atoms with Crippen LogP contribution in [0.15, 0.2) is 25.7 Å². The smallest absolute Gasteiger partial charge is 0.305 e. The fourth-order valence-electron chi connectivity index (χ4n) is 4.78. The first-order valence-corrected chi connectivity index (χ1v) is 17.7. The largest absolute Gasteiger partial charge is 0.492 e. The number of fused-ring (bicyclic) bond motifs is 1. The third-order valence-electron chi connectivity index (χ3n) is 7.07. The van der Waals surface area contributed by atoms with Gasteiger partial charge in [0.15, 0.2) is 0 Å². The highest BCUT2D eigenvalue weighted by Crippen LogP contribution is 2.59. The quantitative estimate of drug-likeness (QED) is 0.0648. The monoisotopic (exact) mass is 644 g/mol. The molecule has 44 heavy (non-hydrogen) atoms. The number of rotatable bonds is 23. The number of aryl methyl sites for hydroxylation is 1. The van der Waals surface area contributed by atoms with Gasteiger partial charge < -0.3 is 18.9 Å². The zero-order valence-corrected chi connectivity index (χ0v) is 28.3. The molecule has 1 aliphatic heterocycles. The van der Waals surface area contributed by atoms with Crippen LogP contribution in [0.25, 0.3) is 0 Å². The zero-order valence-electron chi connectivity index (χ0n) is 26.7. The van der Waals surface area contributed by atoms with Gasteiger partial charge in [0.25, 0.3) is 0 Å². The van der Waals surface area contributed by atoms with Crippen LogP contribution in [0, 0.1) is 29.6 Å². The summed E-state index contributed by atoms with van der Waals surface area (Å²) in [7, 11) is 0. The summed E-state index contributed by atoms with van der Waals surface area (Å²) in [5.74, 6) is 1.34. The van der Waals surface area contributed by atoms with Gasteiger partial charge in [0.2, 0.25) is 0 Å². The number of carbonyl (C=O) groups excluding carboxylic acids is 2. The summed E-state index contributed by atoms with van der Waals surface area (Å²) in [6.45, 7) is 7.72. The first-order valence-electron chi connectivity index (χ1n) is 16.1. The third kappa shape index (κ3) is 13.9. The van der Waals surface area contributed by atoms with Gasteiger partial charge in [0.1, 0.15) is 29.2 Å². The molecule has 242 valence electrons. The molecule has 2 rings (SSSR count). The summed E-state index contributed by atoms with van der Waals surface area (Å²) >= 11 is 2.83. The Hall–Kier alpha value is -2.82. The molecule has 0 saturated heterocycles. The summed E-state index contributed by atoms with van der Waals surface area (Å²) in [6, 6.07) is 6.04. The van der Waals surface area contributed by atoms with Crippen molar-refractivity contribution in [3.8, 4) is 23.6 Å². The molecule has 0 amide bonds. The Morgan fingerprint density at radius 2 is 1.14 bits per heavy atom. The highest BCUT2D eigenvalue weighted by molar-refractivity contribution is 8.24. The predicted octanol–water partition coefficient (Wildman–Crippen LogP) is 9.19. The number of carbonyl (C=O) groups is 2. The van der Waals surface area contributed by atoms with E-state index in [4.69, 9.17) is 18.9 Å². The van der Waals surface area contributed by atoms with Gasteiger partial charge in [-0.2, -0.15) is 10.5 Å². The molecule has 0 spiro atoms. The second kappa shape index (κ2) is 22.7. The lowest BCUT2D eigenvalue weighted by Crippen LogP contribution is -2.04. The molecular weight excluding hydrogens is 597 g/mol. The Balaban J connectivity index is 1.80. The molecule has 0 fully saturated rings. The molecule has 8 nitrogen and oxygen atoms in total. The van der Waals surface area contributed by atoms with Crippen LogP contribution >= 0.6 is 23.5 Å². The van der Waals surface area contributed by atoms with Crippen LogP contribution in [-0.4, -0.2) is 38.4 Å². The van der Waals surface area contributed by atoms with E-state index in [0.29, 0.717) is 43.5 Å². The first-order chi connectivity index (χ1) is 21.4. The fourth-order valence-corrected chi connectivity index (χ4v) is 7.36. The molecule has 1 heterocycles. The maximum atomic E-state index is 11.5. The van der Waals surface area contributed by atoms with Gasteiger partial charge in [0, 0.05) is 12.8 Å². The van der Waals surface area contributed by atoms with E-state index >= 15 is 0 Å². The number of esters is 2. The van der Waals surface area contributed by atoms with Gasteiger partial charge in [-0.25, -0.2) is 0 Å². The molecule has 0 atom stereocenters. The van der Waals surface area contributed by atoms with Crippen molar-refractivity contribution in [3.05, 3.63) is 21.4 Å². The predicted molar refractivity (Wildman–Crippen MR) is 175 cm³/mol. The molecule has 0 saturated carbocycles. The number of nitrogens with zero attached hydrogens (tertiary/aromatic N) is 2. The molecule has 0 aliphatic carbocycles. The summed E-state index contributed by atoms with van der Waals surface area (Å²) in [5, 5.41) is 18.9. The van der Waals surface area contributed by atoms with Crippen molar-refractivity contribution >= 4 is 35.5 Å². The Morgan fingerprint density at radius 1 is 0.682 bits per heavy atom. The van der Waals surface area contributed by atoms with E-state index in [0.717, 1.165) is 97.5 Å². The third-order valence-corrected chi connectivity index (χ3v) is 9.69. The number of unbranched alkanes of at least 4 members (excludes halogenated alkanes) is 11. The van der Waals surface area contributed by atoms with Crippen LogP contribution in [0.2, 0.25) is 0 Å². The van der Waals surface area contributed by atoms with Gasteiger partial charge in [-0.1, -0.05) is 81.3 Å². The van der Waals surface area contributed by atoms with Gasteiger partial charge in [-0.3, -0.25) is 9.59 Å². The molecule has 1 aromatic rings. The minimum absolute atomic E-state index is 0.0950. The van der Waals surface area contributed by atoms with Crippen molar-refractivity contribution < 1.29 is 28.5 Å². The van der Waals surface area contributed by atoms with Crippen LogP contribution in [0.4, 0.5) is 0 Å². The molecular formula is C34H48N2O6S2. The summed E-state index contributed by atoms with van der Waals surface area (Å²) in [4.78, 5) is 24.7. The minimum Gasteiger partial charge on any atom is -0.492 e. The van der Waals surface area contributed by atoms with Crippen LogP contribution in [0.5, 0.6) is 11.5 Å². The van der Waals surface area contributed by atoms with E-state index < -0.39 is 0 Å². The number of hydrogen-bond acceptors (Lipinski definition) is 10. The molecule has 0 N–H and O–H groups in total. The first kappa shape index (κ1) is 37.4. The Morgan fingerprint density at radius 3 is 1.64 bits per heavy atom. The average Bonchev–Trinajstić information content (AvgIpc) is 3.44. The number of hydrogen-bond donors (Lipinski definition) is 0. The number of nitriles is 2. The highest BCUT2D eigenvalue weighted by atomic mass is 32.2. The maximum Gasteiger partial charge on any atom is 0.305 e. The molecule has 1 aromatic carbocycles. The molecule has 0 unspecified atom stereocenters. The molecule has 1 aliphatic rings. The van der Waals surface area contributed by atoms with Gasteiger partial charge in [0.05, 0.1) is 40.5 Å². The van der Waals surface area contributed by atoms with Crippen LogP contribution in [0.1, 0.15) is 116 Å². The highest BCUT2D eigenvalue weighted by Gasteiger charge is 2.30. The Kier molecular flexibility index (Phi) is 19.2. The van der Waals surface area contributed by atoms with E-state index in [2.05, 4.69) is 0 Å². The lowest BCUT2D eigenvalue weighted by Gasteiger charge is -2.16. The van der Waals surface area contributed by atoms with Gasteiger partial charge in [-0.05, 0) is 58.1 Å². The van der Waals surface area contributed by atoms with Crippen molar-refractivity contribution in [2.45, 2.75) is 127 Å². The Bertz CT molecular complexity index is 1160. The van der Waals surface area contributed by atoms with Gasteiger partial charge in [-0.15, -0.1) is 0 Å². The number of allylic oxidation sites excluding steroid dienone is 1. The van der Waals surface area contributed by atoms with Crippen molar-refractivity contribution in [3.63, 3.8) is 0 Å². The minimum atomic E-state index is -0.126. The van der Waals surface area contributed by atoms with Crippen molar-refractivity contribution in [1.29, 1.82) is 10.5 Å². The number of ether oxygens (including phenoxy) is 4. The van der Waals surface area contributed by atoms with E-state index in [9.17, 15) is 20.1 Å². The SMILES string of the molecule is CCOC(=O)CCCCCCCCCCOc1cc(C)c(OCCCCCCCC(=O)OCC)c2c1SC(=C(C#N)C#N)S2. The second-order valence-corrected chi connectivity index (χ2v) is 13.0. The summed E-state index contributed by atoms with van der Waals surface area (Å²) < 4.78 is 23.1. The van der Waals surface area contributed by atoms with E-state index in [1.54, 1.807) is 0 Å². The molecule has 0 aromatic heterocycles. The van der Waals surface area contributed by atoms with Crippen LogP contribution in [-0.2, 0) is 19.1 Å². The fraction of sp³-hybridized carbons (Fsp3) is 0.647. The maximum absolute atomic E-state index is 11.5. The number of benzene rings is 1. The van der Waals surface area contributed by atoms with E-state index in [1.165, 1.54) is 36.4 Å². The zero-order chi connectivity index (χ0) is 32.0. The van der Waals surface area contributed by atoms with Gasteiger partial charge >= 0.3 is 11.9 Å². The standard InChI is InChI=1S/C34H48N2O6S2/c1-4-39-29(37)19-15-11-8-6-7-9-13-17-21-41-28-23-26(3)31(33-32(28)43-34(44-33)27(24-35)25-36)42-22-18-14-10-12-16-20-30(38)40-5-2/h23H,4-22H2,1-3H3. The molecule has 0 radical (unpaired) electrons. The van der Waals surface area contributed by atoms with Crippen molar-refractivity contribution in [2.24, 2.45) is 0 Å². The Labute approximate surface area is 272 Å². The second-order valence-electron chi connectivity index (χ2n) is 10.7. The molecule has 0 bridgehead atoms. The van der Waals surface area contributed by atoms with Crippen LogP contribution in [0.3, 0.4) is 0 Å². The lowest BCUT2D eigenvalue weighted by atomic mass is 10.1. The van der Waals surface area contributed by atoms with E-state index in [1.807, 2.05) is 39.0 Å². The average molecular weight is 645 g/mol. The summed E-state index contributed by atoms with van der Waals surface area (Å²) in [5.41, 5.74) is 1.08. The number of thioether (sulfide) groups is 2. The topological polar surface area (TPSA) is 119 Å². The van der Waals surface area contributed by atoms with Crippen LogP contribution < -0.4 is 9.47 Å².